The zero-order valence-electron chi connectivity index (χ0n) is 9.45. The van der Waals surface area contributed by atoms with Crippen molar-refractivity contribution in [2.45, 2.75) is 0 Å². The third kappa shape index (κ3) is 2.43. The summed E-state index contributed by atoms with van der Waals surface area (Å²) in [6, 6.07) is 4.41. The first-order valence-corrected chi connectivity index (χ1v) is 5.36. The molecule has 1 heterocycles. The molecule has 0 bridgehead atoms. The van der Waals surface area contributed by atoms with Crippen LogP contribution in [0.25, 0.3) is 0 Å². The predicted octanol–water partition coefficient (Wildman–Crippen LogP) is 2.60. The van der Waals surface area contributed by atoms with E-state index in [1.54, 1.807) is 6.07 Å². The summed E-state index contributed by atoms with van der Waals surface area (Å²) in [4.78, 5) is 7.64. The maximum Gasteiger partial charge on any atom is 0.167 e. The van der Waals surface area contributed by atoms with Gasteiger partial charge in [0.1, 0.15) is 12.0 Å². The van der Waals surface area contributed by atoms with Crippen molar-refractivity contribution in [2.24, 2.45) is 0 Å². The summed E-state index contributed by atoms with van der Waals surface area (Å²) in [5, 5.41) is 2.99. The van der Waals surface area contributed by atoms with Crippen LogP contribution >= 0.6 is 11.6 Å². The largest absolute Gasteiger partial charge is 0.494 e. The Morgan fingerprint density at radius 1 is 1.39 bits per heavy atom. The van der Waals surface area contributed by atoms with Crippen LogP contribution in [0.2, 0.25) is 5.15 Å². The number of hydrogen-bond donors (Lipinski definition) is 2. The molecule has 0 fully saturated rings. The van der Waals surface area contributed by atoms with Crippen LogP contribution in [0, 0.1) is 5.82 Å². The topological polar surface area (TPSA) is 73.1 Å². The molecule has 18 heavy (non-hydrogen) atoms. The molecule has 7 heteroatoms. The fraction of sp³-hybridized carbons (Fsp3) is 0.0909. The smallest absolute Gasteiger partial charge is 0.167 e. The summed E-state index contributed by atoms with van der Waals surface area (Å²) in [7, 11) is 1.40. The lowest BCUT2D eigenvalue weighted by molar-refractivity contribution is 0.386. The minimum Gasteiger partial charge on any atom is -0.494 e. The van der Waals surface area contributed by atoms with Crippen molar-refractivity contribution in [1.82, 2.24) is 9.97 Å². The number of aromatic nitrogens is 2. The average molecular weight is 269 g/mol. The van der Waals surface area contributed by atoms with Crippen LogP contribution in [0.4, 0.5) is 21.6 Å². The number of benzene rings is 1. The summed E-state index contributed by atoms with van der Waals surface area (Å²) in [5.74, 6) is -0.00460. The Morgan fingerprint density at radius 2 is 2.17 bits per heavy atom. The Kier molecular flexibility index (Phi) is 3.47. The number of nitrogen functional groups attached to an aromatic ring is 1. The minimum atomic E-state index is -0.485. The van der Waals surface area contributed by atoms with Crippen LogP contribution in [0.3, 0.4) is 0 Å². The van der Waals surface area contributed by atoms with Gasteiger partial charge in [0.05, 0.1) is 7.11 Å². The number of halogens is 2. The van der Waals surface area contributed by atoms with E-state index in [0.717, 1.165) is 0 Å². The molecule has 0 aliphatic rings. The Bertz CT molecular complexity index is 579. The monoisotopic (exact) mass is 268 g/mol. The number of methoxy groups -OCH3 is 1. The number of anilines is 3. The molecule has 5 nitrogen and oxygen atoms in total. The standard InChI is InChI=1S/C11H10ClFN4O/c1-18-8-3-2-6(4-7(8)13)17-11-9(14)10(12)15-5-16-11/h2-5H,14H2,1H3,(H,15,16,17). The molecule has 1 aromatic heterocycles. The second kappa shape index (κ2) is 5.05. The minimum absolute atomic E-state index is 0.140. The van der Waals surface area contributed by atoms with E-state index in [4.69, 9.17) is 22.1 Å². The van der Waals surface area contributed by atoms with Gasteiger partial charge in [-0.2, -0.15) is 0 Å². The normalized spacial score (nSPS) is 10.2. The van der Waals surface area contributed by atoms with Gasteiger partial charge >= 0.3 is 0 Å². The molecule has 1 aromatic carbocycles. The highest BCUT2D eigenvalue weighted by Gasteiger charge is 2.08. The van der Waals surface area contributed by atoms with Crippen molar-refractivity contribution in [3.05, 3.63) is 35.5 Å². The summed E-state index contributed by atoms with van der Waals surface area (Å²) in [6.45, 7) is 0. The van der Waals surface area contributed by atoms with Crippen LogP contribution in [-0.4, -0.2) is 17.1 Å². The van der Waals surface area contributed by atoms with E-state index in [9.17, 15) is 4.39 Å². The van der Waals surface area contributed by atoms with E-state index in [0.29, 0.717) is 11.5 Å². The van der Waals surface area contributed by atoms with E-state index < -0.39 is 5.82 Å². The number of nitrogens with one attached hydrogen (secondary N) is 1. The molecule has 2 rings (SSSR count). The van der Waals surface area contributed by atoms with Gasteiger partial charge in [0.2, 0.25) is 0 Å². The molecule has 94 valence electrons. The lowest BCUT2D eigenvalue weighted by Crippen LogP contribution is -2.01. The summed E-state index contributed by atoms with van der Waals surface area (Å²) >= 11 is 5.75. The predicted molar refractivity (Wildman–Crippen MR) is 67.7 cm³/mol. The Morgan fingerprint density at radius 3 is 2.83 bits per heavy atom. The van der Waals surface area contributed by atoms with Crippen molar-refractivity contribution < 1.29 is 9.13 Å². The number of rotatable bonds is 3. The fourth-order valence-corrected chi connectivity index (χ4v) is 1.49. The first kappa shape index (κ1) is 12.4. The SMILES string of the molecule is COc1ccc(Nc2ncnc(Cl)c2N)cc1F. The summed E-state index contributed by atoms with van der Waals surface area (Å²) in [6.07, 6.45) is 1.26. The highest BCUT2D eigenvalue weighted by Crippen LogP contribution is 2.27. The third-order valence-corrected chi connectivity index (χ3v) is 2.55. The molecular formula is C11H10ClFN4O. The van der Waals surface area contributed by atoms with Gasteiger partial charge in [0.15, 0.2) is 22.5 Å². The van der Waals surface area contributed by atoms with E-state index in [1.807, 2.05) is 0 Å². The summed E-state index contributed by atoms with van der Waals surface area (Å²) in [5.41, 5.74) is 6.37. The summed E-state index contributed by atoms with van der Waals surface area (Å²) < 4.78 is 18.3. The van der Waals surface area contributed by atoms with Crippen LogP contribution in [0.1, 0.15) is 0 Å². The second-order valence-corrected chi connectivity index (χ2v) is 3.76. The lowest BCUT2D eigenvalue weighted by atomic mass is 10.3. The van der Waals surface area contributed by atoms with E-state index in [1.165, 1.54) is 25.6 Å². The Hall–Kier alpha value is -2.08. The number of nitrogens with two attached hydrogens (primary N) is 1. The molecule has 2 aromatic rings. The number of nitrogens with zero attached hydrogens (tertiary/aromatic N) is 2. The van der Waals surface area contributed by atoms with Gasteiger partial charge < -0.3 is 15.8 Å². The molecule has 3 N–H and O–H groups in total. The van der Waals surface area contributed by atoms with Crippen molar-refractivity contribution in [1.29, 1.82) is 0 Å². The van der Waals surface area contributed by atoms with Crippen LogP contribution < -0.4 is 15.8 Å². The highest BCUT2D eigenvalue weighted by molar-refractivity contribution is 6.32. The van der Waals surface area contributed by atoms with E-state index in [-0.39, 0.29) is 16.6 Å². The van der Waals surface area contributed by atoms with Gasteiger partial charge in [-0.05, 0) is 12.1 Å². The van der Waals surface area contributed by atoms with E-state index in [2.05, 4.69) is 15.3 Å². The van der Waals surface area contributed by atoms with Crippen molar-refractivity contribution >= 4 is 28.8 Å². The molecule has 0 aliphatic heterocycles. The van der Waals surface area contributed by atoms with Gasteiger partial charge in [-0.3, -0.25) is 0 Å². The van der Waals surface area contributed by atoms with Crippen molar-refractivity contribution in [2.75, 3.05) is 18.2 Å². The van der Waals surface area contributed by atoms with Gasteiger partial charge in [0.25, 0.3) is 0 Å². The highest BCUT2D eigenvalue weighted by atomic mass is 35.5. The molecule has 0 spiro atoms. The first-order valence-electron chi connectivity index (χ1n) is 4.98. The van der Waals surface area contributed by atoms with Crippen LogP contribution in [0.15, 0.2) is 24.5 Å². The zero-order chi connectivity index (χ0) is 13.1. The van der Waals surface area contributed by atoms with Crippen molar-refractivity contribution in [3.8, 4) is 5.75 Å². The second-order valence-electron chi connectivity index (χ2n) is 3.40. The molecule has 0 saturated carbocycles. The molecule has 0 saturated heterocycles. The maximum atomic E-state index is 13.5. The van der Waals surface area contributed by atoms with Gasteiger partial charge in [-0.25, -0.2) is 14.4 Å². The van der Waals surface area contributed by atoms with E-state index >= 15 is 0 Å². The number of hydrogen-bond acceptors (Lipinski definition) is 5. The Balaban J connectivity index is 2.29. The van der Waals surface area contributed by atoms with Gasteiger partial charge in [-0.1, -0.05) is 11.6 Å². The first-order chi connectivity index (χ1) is 8.61. The van der Waals surface area contributed by atoms with Crippen molar-refractivity contribution in [3.63, 3.8) is 0 Å². The molecule has 0 atom stereocenters. The molecule has 0 amide bonds. The van der Waals surface area contributed by atoms with Crippen LogP contribution in [-0.2, 0) is 0 Å². The van der Waals surface area contributed by atoms with Gasteiger partial charge in [-0.15, -0.1) is 0 Å². The molecular weight excluding hydrogens is 259 g/mol. The van der Waals surface area contributed by atoms with Crippen LogP contribution in [0.5, 0.6) is 5.75 Å². The lowest BCUT2D eigenvalue weighted by Gasteiger charge is -2.09. The molecule has 0 aliphatic carbocycles. The fourth-order valence-electron chi connectivity index (χ4n) is 1.35. The quantitative estimate of drug-likeness (QED) is 0.837. The zero-order valence-corrected chi connectivity index (χ0v) is 10.2. The molecule has 0 radical (unpaired) electrons. The maximum absolute atomic E-state index is 13.5. The molecule has 0 unspecified atom stereocenters. The number of ether oxygens (including phenoxy) is 1. The Labute approximate surface area is 108 Å². The van der Waals surface area contributed by atoms with Gasteiger partial charge in [0, 0.05) is 11.8 Å². The third-order valence-electron chi connectivity index (χ3n) is 2.25. The average Bonchev–Trinajstić information content (AvgIpc) is 2.35.